The van der Waals surface area contributed by atoms with Crippen molar-refractivity contribution in [3.8, 4) is 5.75 Å². The Labute approximate surface area is 165 Å². The zero-order valence-electron chi connectivity index (χ0n) is 15.7. The molecule has 0 saturated heterocycles. The predicted molar refractivity (Wildman–Crippen MR) is 101 cm³/mol. The number of benzene rings is 2. The maximum Gasteiger partial charge on any atom is 0.471 e. The first-order chi connectivity index (χ1) is 13.7. The van der Waals surface area contributed by atoms with E-state index in [1.807, 2.05) is 11.4 Å². The SMILES string of the molecule is COC(=O)c1ccc(CC2=CCc3ccc(NC(=O)C(F)(F)F)cc32)c(OC)c1. The van der Waals surface area contributed by atoms with E-state index in [4.69, 9.17) is 9.47 Å². The number of rotatable bonds is 5. The summed E-state index contributed by atoms with van der Waals surface area (Å²) >= 11 is 0. The van der Waals surface area contributed by atoms with Gasteiger partial charge < -0.3 is 14.8 Å². The maximum absolute atomic E-state index is 12.5. The van der Waals surface area contributed by atoms with Crippen molar-refractivity contribution in [3.63, 3.8) is 0 Å². The Morgan fingerprint density at radius 1 is 1.10 bits per heavy atom. The van der Waals surface area contributed by atoms with Crippen LogP contribution in [0.4, 0.5) is 18.9 Å². The fourth-order valence-corrected chi connectivity index (χ4v) is 3.18. The standard InChI is InChI=1S/C21H18F3NO4/c1-28-18-10-15(19(26)29-2)6-5-14(18)9-13-4-3-12-7-8-16(11-17(12)13)25-20(27)21(22,23)24/h4-8,10-11H,3,9H2,1-2H3,(H,25,27). The first-order valence-corrected chi connectivity index (χ1v) is 8.68. The van der Waals surface area contributed by atoms with Crippen molar-refractivity contribution >= 4 is 23.1 Å². The number of ether oxygens (including phenoxy) is 2. The summed E-state index contributed by atoms with van der Waals surface area (Å²) < 4.78 is 47.6. The summed E-state index contributed by atoms with van der Waals surface area (Å²) in [6.45, 7) is 0. The van der Waals surface area contributed by atoms with Crippen molar-refractivity contribution < 1.29 is 32.2 Å². The number of fused-ring (bicyclic) bond motifs is 1. The second-order valence-electron chi connectivity index (χ2n) is 6.45. The monoisotopic (exact) mass is 405 g/mol. The summed E-state index contributed by atoms with van der Waals surface area (Å²) in [6, 6.07) is 9.64. The number of alkyl halides is 3. The number of esters is 1. The maximum atomic E-state index is 12.5. The third-order valence-electron chi connectivity index (χ3n) is 4.63. The zero-order valence-corrected chi connectivity index (χ0v) is 15.7. The highest BCUT2D eigenvalue weighted by Gasteiger charge is 2.38. The average molecular weight is 405 g/mol. The Balaban J connectivity index is 1.84. The smallest absolute Gasteiger partial charge is 0.471 e. The summed E-state index contributed by atoms with van der Waals surface area (Å²) in [5.41, 5.74) is 3.85. The molecule has 0 heterocycles. The number of amides is 1. The van der Waals surface area contributed by atoms with Crippen LogP contribution in [0.5, 0.6) is 5.75 Å². The van der Waals surface area contributed by atoms with Gasteiger partial charge in [0.25, 0.3) is 0 Å². The lowest BCUT2D eigenvalue weighted by Crippen LogP contribution is -2.29. The minimum atomic E-state index is -4.95. The van der Waals surface area contributed by atoms with Crippen molar-refractivity contribution in [1.82, 2.24) is 0 Å². The van der Waals surface area contributed by atoms with Gasteiger partial charge in [0.05, 0.1) is 19.8 Å². The van der Waals surface area contributed by atoms with E-state index in [2.05, 4.69) is 0 Å². The fourth-order valence-electron chi connectivity index (χ4n) is 3.18. The molecule has 0 saturated carbocycles. The summed E-state index contributed by atoms with van der Waals surface area (Å²) in [5, 5.41) is 1.88. The van der Waals surface area contributed by atoms with E-state index in [1.165, 1.54) is 26.4 Å². The Hall–Kier alpha value is -3.29. The Kier molecular flexibility index (Phi) is 5.63. The summed E-state index contributed by atoms with van der Waals surface area (Å²) in [4.78, 5) is 22.9. The van der Waals surface area contributed by atoms with Crippen LogP contribution in [0.15, 0.2) is 42.5 Å². The van der Waals surface area contributed by atoms with Gasteiger partial charge in [-0.05, 0) is 52.9 Å². The molecule has 8 heteroatoms. The lowest BCUT2D eigenvalue weighted by atomic mass is 9.97. The van der Waals surface area contributed by atoms with E-state index < -0.39 is 18.1 Å². The number of anilines is 1. The Morgan fingerprint density at radius 3 is 2.52 bits per heavy atom. The predicted octanol–water partition coefficient (Wildman–Crippen LogP) is 4.16. The third kappa shape index (κ3) is 4.42. The molecule has 0 atom stereocenters. The van der Waals surface area contributed by atoms with Gasteiger partial charge in [-0.1, -0.05) is 18.2 Å². The summed E-state index contributed by atoms with van der Waals surface area (Å²) in [5.74, 6) is -1.99. The highest BCUT2D eigenvalue weighted by Crippen LogP contribution is 2.35. The number of allylic oxidation sites excluding steroid dienone is 2. The molecule has 0 aromatic heterocycles. The Morgan fingerprint density at radius 2 is 1.86 bits per heavy atom. The molecular weight excluding hydrogens is 387 g/mol. The number of hydrogen-bond donors (Lipinski definition) is 1. The third-order valence-corrected chi connectivity index (χ3v) is 4.63. The molecule has 1 amide bonds. The van der Waals surface area contributed by atoms with E-state index in [1.54, 1.807) is 24.3 Å². The van der Waals surface area contributed by atoms with Gasteiger partial charge in [-0.15, -0.1) is 0 Å². The van der Waals surface area contributed by atoms with Gasteiger partial charge in [0.2, 0.25) is 0 Å². The highest BCUT2D eigenvalue weighted by atomic mass is 19.4. The number of carbonyl (C=O) groups excluding carboxylic acids is 2. The van der Waals surface area contributed by atoms with Crippen molar-refractivity contribution in [3.05, 3.63) is 64.7 Å². The quantitative estimate of drug-likeness (QED) is 0.759. The van der Waals surface area contributed by atoms with Gasteiger partial charge >= 0.3 is 18.1 Å². The van der Waals surface area contributed by atoms with Crippen molar-refractivity contribution in [2.75, 3.05) is 19.5 Å². The van der Waals surface area contributed by atoms with E-state index in [0.717, 1.165) is 22.3 Å². The highest BCUT2D eigenvalue weighted by molar-refractivity contribution is 5.95. The molecule has 0 spiro atoms. The molecule has 1 N–H and O–H groups in total. The average Bonchev–Trinajstić information content (AvgIpc) is 3.09. The van der Waals surface area contributed by atoms with Gasteiger partial charge in [-0.3, -0.25) is 4.79 Å². The Bertz CT molecular complexity index is 996. The molecule has 1 aliphatic rings. The van der Waals surface area contributed by atoms with E-state index >= 15 is 0 Å². The number of methoxy groups -OCH3 is 2. The van der Waals surface area contributed by atoms with E-state index in [0.29, 0.717) is 24.2 Å². The minimum absolute atomic E-state index is 0.0758. The second kappa shape index (κ2) is 7.98. The lowest BCUT2D eigenvalue weighted by Gasteiger charge is -2.13. The van der Waals surface area contributed by atoms with Crippen LogP contribution in [0.25, 0.3) is 5.57 Å². The molecule has 2 aromatic rings. The first kappa shape index (κ1) is 20.4. The summed E-state index contributed by atoms with van der Waals surface area (Å²) in [7, 11) is 2.78. The molecule has 0 unspecified atom stereocenters. The van der Waals surface area contributed by atoms with Crippen LogP contribution in [0.3, 0.4) is 0 Å². The van der Waals surface area contributed by atoms with Crippen LogP contribution in [0, 0.1) is 0 Å². The molecular formula is C21H18F3NO4. The topological polar surface area (TPSA) is 64.6 Å². The number of nitrogens with one attached hydrogen (secondary N) is 1. The minimum Gasteiger partial charge on any atom is -0.496 e. The second-order valence-corrected chi connectivity index (χ2v) is 6.45. The molecule has 5 nitrogen and oxygen atoms in total. The van der Waals surface area contributed by atoms with Crippen LogP contribution in [-0.4, -0.2) is 32.3 Å². The lowest BCUT2D eigenvalue weighted by molar-refractivity contribution is -0.167. The number of carbonyl (C=O) groups is 2. The van der Waals surface area contributed by atoms with Crippen LogP contribution in [0.1, 0.15) is 27.0 Å². The molecule has 29 heavy (non-hydrogen) atoms. The van der Waals surface area contributed by atoms with Crippen LogP contribution < -0.4 is 10.1 Å². The first-order valence-electron chi connectivity index (χ1n) is 8.68. The number of hydrogen-bond acceptors (Lipinski definition) is 4. The van der Waals surface area contributed by atoms with Crippen molar-refractivity contribution in [2.45, 2.75) is 19.0 Å². The molecule has 0 radical (unpaired) electrons. The normalized spacial score (nSPS) is 12.8. The fraction of sp³-hybridized carbons (Fsp3) is 0.238. The van der Waals surface area contributed by atoms with E-state index in [9.17, 15) is 22.8 Å². The number of halogens is 3. The van der Waals surface area contributed by atoms with Crippen LogP contribution in [-0.2, 0) is 22.4 Å². The zero-order chi connectivity index (χ0) is 21.2. The molecule has 0 fully saturated rings. The van der Waals surface area contributed by atoms with Gasteiger partial charge in [0.1, 0.15) is 5.75 Å². The van der Waals surface area contributed by atoms with Crippen LogP contribution in [0.2, 0.25) is 0 Å². The largest absolute Gasteiger partial charge is 0.496 e. The molecule has 2 aromatic carbocycles. The molecule has 3 rings (SSSR count). The molecule has 0 bridgehead atoms. The molecule has 0 aliphatic heterocycles. The molecule has 152 valence electrons. The van der Waals surface area contributed by atoms with Crippen molar-refractivity contribution in [1.29, 1.82) is 0 Å². The van der Waals surface area contributed by atoms with Gasteiger partial charge in [0.15, 0.2) is 0 Å². The summed E-state index contributed by atoms with van der Waals surface area (Å²) in [6.07, 6.45) is -1.88. The van der Waals surface area contributed by atoms with Crippen molar-refractivity contribution in [2.24, 2.45) is 0 Å². The van der Waals surface area contributed by atoms with Gasteiger partial charge in [0, 0.05) is 12.1 Å². The van der Waals surface area contributed by atoms with Gasteiger partial charge in [-0.2, -0.15) is 13.2 Å². The molecule has 1 aliphatic carbocycles. The van der Waals surface area contributed by atoms with Gasteiger partial charge in [-0.25, -0.2) is 4.79 Å². The van der Waals surface area contributed by atoms with Crippen LogP contribution >= 0.6 is 0 Å². The van der Waals surface area contributed by atoms with E-state index in [-0.39, 0.29) is 5.69 Å².